The Labute approximate surface area is 95.2 Å². The summed E-state index contributed by atoms with van der Waals surface area (Å²) >= 11 is 5.64. The van der Waals surface area contributed by atoms with Gasteiger partial charge in [0.2, 0.25) is 0 Å². The van der Waals surface area contributed by atoms with Gasteiger partial charge < -0.3 is 4.74 Å². The van der Waals surface area contributed by atoms with Crippen molar-refractivity contribution in [3.63, 3.8) is 0 Å². The first-order valence-corrected chi connectivity index (χ1v) is 5.46. The molecule has 0 aliphatic carbocycles. The van der Waals surface area contributed by atoms with Crippen LogP contribution >= 0.6 is 11.6 Å². The Morgan fingerprint density at radius 1 is 1.47 bits per heavy atom. The molecular weight excluding hydrogens is 212 g/mol. The van der Waals surface area contributed by atoms with E-state index in [-0.39, 0.29) is 5.97 Å². The van der Waals surface area contributed by atoms with E-state index in [1.807, 2.05) is 25.1 Å². The van der Waals surface area contributed by atoms with Crippen LogP contribution in [0, 0.1) is 6.92 Å². The number of aryl methyl sites for hydroxylation is 2. The number of benzene rings is 1. The maximum Gasteiger partial charge on any atom is 0.338 e. The highest BCUT2D eigenvalue weighted by Gasteiger charge is 2.10. The zero-order valence-electron chi connectivity index (χ0n) is 9.05. The van der Waals surface area contributed by atoms with Gasteiger partial charge in [0.1, 0.15) is 0 Å². The molecule has 15 heavy (non-hydrogen) atoms. The van der Waals surface area contributed by atoms with E-state index in [1.54, 1.807) is 0 Å². The fraction of sp³-hybridized carbons (Fsp3) is 0.417. The molecule has 0 fully saturated rings. The SMILES string of the molecule is COC(=O)c1ccc(C)cc1CCCCl. The second kappa shape index (κ2) is 5.76. The van der Waals surface area contributed by atoms with Gasteiger partial charge in [0.05, 0.1) is 12.7 Å². The molecule has 0 aliphatic rings. The average molecular weight is 227 g/mol. The van der Waals surface area contributed by atoms with Gasteiger partial charge in [-0.2, -0.15) is 0 Å². The molecule has 2 nitrogen and oxygen atoms in total. The molecule has 0 amide bonds. The Kier molecular flexibility index (Phi) is 4.63. The second-order valence-electron chi connectivity index (χ2n) is 3.44. The molecule has 0 heterocycles. The summed E-state index contributed by atoms with van der Waals surface area (Å²) in [4.78, 5) is 11.5. The van der Waals surface area contributed by atoms with Gasteiger partial charge in [0, 0.05) is 5.88 Å². The van der Waals surface area contributed by atoms with Crippen LogP contribution in [-0.4, -0.2) is 19.0 Å². The second-order valence-corrected chi connectivity index (χ2v) is 3.82. The number of ether oxygens (including phenoxy) is 1. The summed E-state index contributed by atoms with van der Waals surface area (Å²) in [5.41, 5.74) is 2.81. The number of hydrogen-bond acceptors (Lipinski definition) is 2. The first kappa shape index (κ1) is 12.1. The third-order valence-corrected chi connectivity index (χ3v) is 2.51. The largest absolute Gasteiger partial charge is 0.465 e. The molecule has 0 unspecified atom stereocenters. The number of halogens is 1. The third kappa shape index (κ3) is 3.24. The van der Waals surface area contributed by atoms with E-state index in [9.17, 15) is 4.79 Å². The summed E-state index contributed by atoms with van der Waals surface area (Å²) in [6.45, 7) is 2.01. The van der Waals surface area contributed by atoms with Crippen LogP contribution in [0.2, 0.25) is 0 Å². The molecule has 0 atom stereocenters. The average Bonchev–Trinajstić information content (AvgIpc) is 2.25. The molecule has 0 aromatic heterocycles. The summed E-state index contributed by atoms with van der Waals surface area (Å²) < 4.78 is 4.72. The molecule has 0 saturated heterocycles. The lowest BCUT2D eigenvalue weighted by molar-refractivity contribution is 0.0599. The molecule has 0 bridgehead atoms. The van der Waals surface area contributed by atoms with Gasteiger partial charge in [-0.3, -0.25) is 0 Å². The Morgan fingerprint density at radius 2 is 2.20 bits per heavy atom. The molecule has 1 aromatic carbocycles. The van der Waals surface area contributed by atoms with Crippen molar-refractivity contribution in [2.45, 2.75) is 19.8 Å². The number of methoxy groups -OCH3 is 1. The summed E-state index contributed by atoms with van der Waals surface area (Å²) in [5.74, 6) is 0.328. The van der Waals surface area contributed by atoms with E-state index in [0.717, 1.165) is 24.0 Å². The van der Waals surface area contributed by atoms with Crippen molar-refractivity contribution in [2.24, 2.45) is 0 Å². The van der Waals surface area contributed by atoms with Gasteiger partial charge in [-0.1, -0.05) is 17.7 Å². The van der Waals surface area contributed by atoms with Gasteiger partial charge in [-0.25, -0.2) is 4.79 Å². The Bertz CT molecular complexity index is 347. The number of carbonyl (C=O) groups excluding carboxylic acids is 1. The highest BCUT2D eigenvalue weighted by Crippen LogP contribution is 2.15. The molecule has 3 heteroatoms. The zero-order valence-corrected chi connectivity index (χ0v) is 9.80. The first-order valence-electron chi connectivity index (χ1n) is 4.93. The van der Waals surface area contributed by atoms with Crippen LogP contribution in [0.25, 0.3) is 0 Å². The van der Waals surface area contributed by atoms with Crippen LogP contribution in [0.1, 0.15) is 27.9 Å². The molecule has 0 N–H and O–H groups in total. The lowest BCUT2D eigenvalue weighted by atomic mass is 10.0. The zero-order chi connectivity index (χ0) is 11.3. The summed E-state index contributed by atoms with van der Waals surface area (Å²) in [6.07, 6.45) is 1.69. The fourth-order valence-electron chi connectivity index (χ4n) is 1.50. The van der Waals surface area contributed by atoms with Crippen LogP contribution < -0.4 is 0 Å². The van der Waals surface area contributed by atoms with Gasteiger partial charge in [0.25, 0.3) is 0 Å². The lowest BCUT2D eigenvalue weighted by Gasteiger charge is -2.08. The van der Waals surface area contributed by atoms with Crippen molar-refractivity contribution in [1.82, 2.24) is 0 Å². The van der Waals surface area contributed by atoms with E-state index >= 15 is 0 Å². The Balaban J connectivity index is 2.97. The molecule has 0 aliphatic heterocycles. The van der Waals surface area contributed by atoms with E-state index in [0.29, 0.717) is 11.4 Å². The molecule has 0 saturated carbocycles. The molecule has 82 valence electrons. The van der Waals surface area contributed by atoms with Crippen molar-refractivity contribution in [3.8, 4) is 0 Å². The normalized spacial score (nSPS) is 10.1. The van der Waals surface area contributed by atoms with E-state index in [4.69, 9.17) is 16.3 Å². The summed E-state index contributed by atoms with van der Waals surface area (Å²) in [5, 5.41) is 0. The van der Waals surface area contributed by atoms with Crippen molar-refractivity contribution in [1.29, 1.82) is 0 Å². The number of esters is 1. The smallest absolute Gasteiger partial charge is 0.338 e. The first-order chi connectivity index (χ1) is 7.19. The number of rotatable bonds is 4. The van der Waals surface area contributed by atoms with Crippen molar-refractivity contribution in [3.05, 3.63) is 34.9 Å². The Hall–Kier alpha value is -1.02. The number of alkyl halides is 1. The van der Waals surface area contributed by atoms with Crippen LogP contribution in [0.4, 0.5) is 0 Å². The topological polar surface area (TPSA) is 26.3 Å². The lowest BCUT2D eigenvalue weighted by Crippen LogP contribution is -2.06. The number of hydrogen-bond donors (Lipinski definition) is 0. The molecule has 0 radical (unpaired) electrons. The predicted molar refractivity (Wildman–Crippen MR) is 61.6 cm³/mol. The highest BCUT2D eigenvalue weighted by molar-refractivity contribution is 6.17. The van der Waals surface area contributed by atoms with Gasteiger partial charge in [0.15, 0.2) is 0 Å². The monoisotopic (exact) mass is 226 g/mol. The molecular formula is C12H15ClO2. The van der Waals surface area contributed by atoms with E-state index in [1.165, 1.54) is 7.11 Å². The van der Waals surface area contributed by atoms with Crippen LogP contribution in [0.3, 0.4) is 0 Å². The van der Waals surface area contributed by atoms with Crippen molar-refractivity contribution >= 4 is 17.6 Å². The fourth-order valence-corrected chi connectivity index (χ4v) is 1.63. The van der Waals surface area contributed by atoms with Gasteiger partial charge >= 0.3 is 5.97 Å². The summed E-state index contributed by atoms with van der Waals surface area (Å²) in [7, 11) is 1.40. The third-order valence-electron chi connectivity index (χ3n) is 2.25. The predicted octanol–water partition coefficient (Wildman–Crippen LogP) is 2.95. The highest BCUT2D eigenvalue weighted by atomic mass is 35.5. The van der Waals surface area contributed by atoms with Crippen LogP contribution in [-0.2, 0) is 11.2 Å². The summed E-state index contributed by atoms with van der Waals surface area (Å²) in [6, 6.07) is 5.74. The van der Waals surface area contributed by atoms with Crippen molar-refractivity contribution < 1.29 is 9.53 Å². The minimum Gasteiger partial charge on any atom is -0.465 e. The molecule has 1 aromatic rings. The maximum absolute atomic E-state index is 11.5. The van der Waals surface area contributed by atoms with Gasteiger partial charge in [-0.15, -0.1) is 11.6 Å². The van der Waals surface area contributed by atoms with Crippen molar-refractivity contribution in [2.75, 3.05) is 13.0 Å². The standard InChI is InChI=1S/C12H15ClO2/c1-9-5-6-11(12(14)15-2)10(8-9)4-3-7-13/h5-6,8H,3-4,7H2,1-2H3. The Morgan fingerprint density at radius 3 is 2.80 bits per heavy atom. The van der Waals surface area contributed by atoms with E-state index < -0.39 is 0 Å². The van der Waals surface area contributed by atoms with E-state index in [2.05, 4.69) is 0 Å². The van der Waals surface area contributed by atoms with Gasteiger partial charge in [-0.05, 0) is 31.4 Å². The molecule has 0 spiro atoms. The minimum absolute atomic E-state index is 0.278. The quantitative estimate of drug-likeness (QED) is 0.583. The molecule has 1 rings (SSSR count). The maximum atomic E-state index is 11.5. The van der Waals surface area contributed by atoms with Crippen LogP contribution in [0.15, 0.2) is 18.2 Å². The van der Waals surface area contributed by atoms with Crippen LogP contribution in [0.5, 0.6) is 0 Å². The minimum atomic E-state index is -0.278. The number of carbonyl (C=O) groups is 1.